The van der Waals surface area contributed by atoms with Gasteiger partial charge in [0.25, 0.3) is 0 Å². The van der Waals surface area contributed by atoms with Gasteiger partial charge in [-0.3, -0.25) is 4.57 Å². The lowest BCUT2D eigenvalue weighted by Gasteiger charge is -2.33. The summed E-state index contributed by atoms with van der Waals surface area (Å²) in [6.45, 7) is 7.06. The van der Waals surface area contributed by atoms with Crippen LogP contribution in [0.4, 0.5) is 13.2 Å². The molecule has 2 aromatic rings. The van der Waals surface area contributed by atoms with Crippen molar-refractivity contribution in [3.05, 3.63) is 65.0 Å². The molecule has 2 unspecified atom stereocenters. The summed E-state index contributed by atoms with van der Waals surface area (Å²) in [5, 5.41) is -0.298. The summed E-state index contributed by atoms with van der Waals surface area (Å²) in [6.07, 6.45) is -0.227. The summed E-state index contributed by atoms with van der Waals surface area (Å²) in [7, 11) is -3.69. The molecule has 1 aliphatic rings. The SMILES string of the molecule is CC(C)OP(=O)(OC(C)C)C(Cc1ccc(F)c(F)c1)C1Cc2c(F)cccc2S1. The topological polar surface area (TPSA) is 35.5 Å². The van der Waals surface area contributed by atoms with E-state index < -0.39 is 24.9 Å². The molecular weight excluding hydrogens is 432 g/mol. The van der Waals surface area contributed by atoms with Crippen molar-refractivity contribution in [3.8, 4) is 0 Å². The van der Waals surface area contributed by atoms with Gasteiger partial charge in [-0.25, -0.2) is 13.2 Å². The fraction of sp³-hybridized carbons (Fsp3) is 0.455. The number of rotatable bonds is 8. The van der Waals surface area contributed by atoms with E-state index in [0.717, 1.165) is 17.0 Å². The minimum atomic E-state index is -3.69. The van der Waals surface area contributed by atoms with E-state index in [1.807, 2.05) is 6.07 Å². The Morgan fingerprint density at radius 1 is 1.00 bits per heavy atom. The number of benzene rings is 2. The second kappa shape index (κ2) is 9.47. The summed E-state index contributed by atoms with van der Waals surface area (Å²) in [6, 6.07) is 8.49. The van der Waals surface area contributed by atoms with Crippen molar-refractivity contribution in [1.82, 2.24) is 0 Å². The summed E-state index contributed by atoms with van der Waals surface area (Å²) < 4.78 is 67.2. The molecular formula is C22H26F3O3PS. The Bertz CT molecular complexity index is 937. The van der Waals surface area contributed by atoms with Crippen molar-refractivity contribution < 1.29 is 26.8 Å². The first-order chi connectivity index (χ1) is 14.1. The van der Waals surface area contributed by atoms with Crippen LogP contribution in [0.1, 0.15) is 38.8 Å². The third-order valence-electron chi connectivity index (χ3n) is 4.74. The molecule has 0 radical (unpaired) electrons. The van der Waals surface area contributed by atoms with Crippen LogP contribution >= 0.6 is 19.4 Å². The van der Waals surface area contributed by atoms with Gasteiger partial charge in [0.1, 0.15) is 5.82 Å². The largest absolute Gasteiger partial charge is 0.335 e. The molecule has 0 bridgehead atoms. The van der Waals surface area contributed by atoms with Crippen LogP contribution in [-0.2, 0) is 26.5 Å². The first-order valence-electron chi connectivity index (χ1n) is 9.93. The molecule has 2 atom stereocenters. The summed E-state index contributed by atoms with van der Waals surface area (Å²) in [5.74, 6) is -2.22. The van der Waals surface area contributed by atoms with Crippen LogP contribution < -0.4 is 0 Å². The molecule has 164 valence electrons. The third kappa shape index (κ3) is 5.31. The zero-order valence-electron chi connectivity index (χ0n) is 17.4. The average molecular weight is 458 g/mol. The molecule has 3 rings (SSSR count). The molecule has 30 heavy (non-hydrogen) atoms. The minimum absolute atomic E-state index is 0.154. The second-order valence-electron chi connectivity index (χ2n) is 7.95. The Labute approximate surface area is 179 Å². The number of hydrogen-bond donors (Lipinski definition) is 0. The summed E-state index contributed by atoms with van der Waals surface area (Å²) >= 11 is 1.43. The Morgan fingerprint density at radius 3 is 2.23 bits per heavy atom. The number of fused-ring (bicyclic) bond motifs is 1. The first-order valence-corrected chi connectivity index (χ1v) is 12.4. The molecule has 8 heteroatoms. The van der Waals surface area contributed by atoms with E-state index in [0.29, 0.717) is 17.5 Å². The predicted octanol–water partition coefficient (Wildman–Crippen LogP) is 6.78. The minimum Gasteiger partial charge on any atom is -0.306 e. The van der Waals surface area contributed by atoms with Gasteiger partial charge in [-0.1, -0.05) is 12.1 Å². The van der Waals surface area contributed by atoms with Gasteiger partial charge in [-0.05, 0) is 70.4 Å². The molecule has 0 fully saturated rings. The van der Waals surface area contributed by atoms with E-state index in [2.05, 4.69) is 0 Å². The second-order valence-corrected chi connectivity index (χ2v) is 11.4. The van der Waals surface area contributed by atoms with E-state index in [1.54, 1.807) is 33.8 Å². The van der Waals surface area contributed by atoms with Gasteiger partial charge in [0, 0.05) is 15.7 Å². The zero-order chi connectivity index (χ0) is 22.1. The number of halogens is 3. The van der Waals surface area contributed by atoms with Crippen LogP contribution in [-0.4, -0.2) is 23.1 Å². The van der Waals surface area contributed by atoms with Gasteiger partial charge in [-0.2, -0.15) is 0 Å². The maximum absolute atomic E-state index is 14.3. The molecule has 1 aliphatic heterocycles. The molecule has 0 saturated carbocycles. The quantitative estimate of drug-likeness (QED) is 0.409. The maximum Gasteiger partial charge on any atom is 0.335 e. The molecule has 3 nitrogen and oxygen atoms in total. The lowest BCUT2D eigenvalue weighted by atomic mass is 10.0. The Morgan fingerprint density at radius 2 is 1.67 bits per heavy atom. The summed E-state index contributed by atoms with van der Waals surface area (Å²) in [4.78, 5) is 0.788. The lowest BCUT2D eigenvalue weighted by molar-refractivity contribution is 0.136. The number of hydrogen-bond acceptors (Lipinski definition) is 4. The van der Waals surface area contributed by atoms with Gasteiger partial charge < -0.3 is 9.05 Å². The van der Waals surface area contributed by atoms with Crippen molar-refractivity contribution in [1.29, 1.82) is 0 Å². The van der Waals surface area contributed by atoms with Crippen molar-refractivity contribution in [2.45, 2.75) is 68.5 Å². The zero-order valence-corrected chi connectivity index (χ0v) is 19.1. The van der Waals surface area contributed by atoms with Gasteiger partial charge in [0.05, 0.1) is 17.9 Å². The van der Waals surface area contributed by atoms with Crippen LogP contribution in [0.2, 0.25) is 0 Å². The highest BCUT2D eigenvalue weighted by molar-refractivity contribution is 8.00. The predicted molar refractivity (Wildman–Crippen MR) is 114 cm³/mol. The third-order valence-corrected chi connectivity index (χ3v) is 9.16. The van der Waals surface area contributed by atoms with Crippen molar-refractivity contribution in [2.24, 2.45) is 0 Å². The first kappa shape index (κ1) is 23.4. The van der Waals surface area contributed by atoms with E-state index in [9.17, 15) is 17.7 Å². The Balaban J connectivity index is 2.00. The molecule has 0 saturated heterocycles. The van der Waals surface area contributed by atoms with E-state index in [1.165, 1.54) is 23.9 Å². The molecule has 0 spiro atoms. The normalized spacial score (nSPS) is 17.6. The van der Waals surface area contributed by atoms with Gasteiger partial charge in [0.15, 0.2) is 11.6 Å². The average Bonchev–Trinajstić information content (AvgIpc) is 3.06. The Kier molecular flexibility index (Phi) is 7.39. The van der Waals surface area contributed by atoms with Crippen molar-refractivity contribution in [3.63, 3.8) is 0 Å². The highest BCUT2D eigenvalue weighted by atomic mass is 32.2. The smallest absolute Gasteiger partial charge is 0.306 e. The molecule has 2 aromatic carbocycles. The highest BCUT2D eigenvalue weighted by Crippen LogP contribution is 2.61. The van der Waals surface area contributed by atoms with Crippen molar-refractivity contribution in [2.75, 3.05) is 0 Å². The van der Waals surface area contributed by atoms with E-state index in [-0.39, 0.29) is 29.7 Å². The van der Waals surface area contributed by atoms with Crippen LogP contribution in [0.15, 0.2) is 41.3 Å². The fourth-order valence-electron chi connectivity index (χ4n) is 3.59. The molecule has 0 aliphatic carbocycles. The fourth-order valence-corrected chi connectivity index (χ4v) is 8.02. The van der Waals surface area contributed by atoms with E-state index >= 15 is 0 Å². The summed E-state index contributed by atoms with van der Waals surface area (Å²) in [5.41, 5.74) is 0.392. The van der Waals surface area contributed by atoms with Crippen LogP contribution in [0, 0.1) is 17.5 Å². The number of thioether (sulfide) groups is 1. The standard InChI is InChI=1S/C22H26F3O3PS/c1-13(2)27-29(26,28-14(3)4)20(11-15-8-9-18(24)19(25)10-15)22-12-16-17(23)6-5-7-21(16)30-22/h5-10,13-14,20,22H,11-12H2,1-4H3. The van der Waals surface area contributed by atoms with E-state index in [4.69, 9.17) is 9.05 Å². The van der Waals surface area contributed by atoms with Crippen LogP contribution in [0.3, 0.4) is 0 Å². The lowest BCUT2D eigenvalue weighted by Crippen LogP contribution is -2.30. The van der Waals surface area contributed by atoms with Gasteiger partial charge >= 0.3 is 7.60 Å². The molecule has 0 N–H and O–H groups in total. The molecule has 0 amide bonds. The molecule has 0 aromatic heterocycles. The van der Waals surface area contributed by atoms with Gasteiger partial charge in [0.2, 0.25) is 0 Å². The van der Waals surface area contributed by atoms with Crippen LogP contribution in [0.25, 0.3) is 0 Å². The van der Waals surface area contributed by atoms with Crippen LogP contribution in [0.5, 0.6) is 0 Å². The Hall–Kier alpha value is -1.27. The molecule has 1 heterocycles. The maximum atomic E-state index is 14.3. The highest BCUT2D eigenvalue weighted by Gasteiger charge is 2.45. The monoisotopic (exact) mass is 458 g/mol. The van der Waals surface area contributed by atoms with Gasteiger partial charge in [-0.15, -0.1) is 11.8 Å². The van der Waals surface area contributed by atoms with Crippen molar-refractivity contribution >= 4 is 19.4 Å².